The number of hydrogen-bond donors (Lipinski definition) is 1. The Bertz CT molecular complexity index is 494. The molecule has 0 spiro atoms. The summed E-state index contributed by atoms with van der Waals surface area (Å²) in [6.45, 7) is 0.908. The minimum atomic E-state index is 0.167. The topological polar surface area (TPSA) is 46.3 Å². The van der Waals surface area contributed by atoms with Crippen LogP contribution in [-0.4, -0.2) is 23.4 Å². The number of amides is 1. The van der Waals surface area contributed by atoms with Crippen LogP contribution in [0.15, 0.2) is 24.3 Å². The van der Waals surface area contributed by atoms with Crippen LogP contribution in [0.25, 0.3) is 0 Å². The van der Waals surface area contributed by atoms with Crippen molar-refractivity contribution in [3.63, 3.8) is 0 Å². The minimum absolute atomic E-state index is 0.167. The van der Waals surface area contributed by atoms with Gasteiger partial charge in [-0.25, -0.2) is 0 Å². The van der Waals surface area contributed by atoms with Crippen LogP contribution in [0.2, 0.25) is 0 Å². The summed E-state index contributed by atoms with van der Waals surface area (Å²) in [7, 11) is 0. The second-order valence-corrected chi connectivity index (χ2v) is 6.66. The molecule has 21 heavy (non-hydrogen) atoms. The number of nitrogen functional groups attached to an aromatic ring is 1. The molecule has 114 valence electrons. The van der Waals surface area contributed by atoms with Gasteiger partial charge in [-0.1, -0.05) is 38.2 Å². The third kappa shape index (κ3) is 3.39. The maximum atomic E-state index is 12.7. The van der Waals surface area contributed by atoms with Gasteiger partial charge >= 0.3 is 0 Å². The average molecular weight is 286 g/mol. The summed E-state index contributed by atoms with van der Waals surface area (Å²) in [5.74, 6) is 0.999. The van der Waals surface area contributed by atoms with E-state index in [0.717, 1.165) is 24.4 Å². The zero-order valence-electron chi connectivity index (χ0n) is 12.8. The Morgan fingerprint density at radius 2 is 1.95 bits per heavy atom. The summed E-state index contributed by atoms with van der Waals surface area (Å²) in [5, 5.41) is 0. The zero-order valence-corrected chi connectivity index (χ0v) is 12.8. The number of rotatable bonds is 3. The van der Waals surface area contributed by atoms with Gasteiger partial charge in [0.05, 0.1) is 0 Å². The molecule has 1 aliphatic heterocycles. The van der Waals surface area contributed by atoms with Crippen molar-refractivity contribution >= 4 is 11.6 Å². The fourth-order valence-electron chi connectivity index (χ4n) is 3.99. The smallest absolute Gasteiger partial charge is 0.254 e. The lowest BCUT2D eigenvalue weighted by Crippen LogP contribution is -2.37. The first kappa shape index (κ1) is 14.4. The van der Waals surface area contributed by atoms with Crippen LogP contribution in [0.4, 0.5) is 5.69 Å². The van der Waals surface area contributed by atoms with E-state index >= 15 is 0 Å². The van der Waals surface area contributed by atoms with Gasteiger partial charge < -0.3 is 10.6 Å². The molecule has 1 amide bonds. The van der Waals surface area contributed by atoms with Crippen LogP contribution >= 0.6 is 0 Å². The Kier molecular flexibility index (Phi) is 4.47. The van der Waals surface area contributed by atoms with Crippen LogP contribution < -0.4 is 5.73 Å². The first-order chi connectivity index (χ1) is 10.2. The largest absolute Gasteiger partial charge is 0.399 e. The molecule has 1 saturated carbocycles. The summed E-state index contributed by atoms with van der Waals surface area (Å²) in [5.41, 5.74) is 7.22. The van der Waals surface area contributed by atoms with Gasteiger partial charge in [0.2, 0.25) is 0 Å². The van der Waals surface area contributed by atoms with Crippen LogP contribution in [0.1, 0.15) is 61.7 Å². The van der Waals surface area contributed by atoms with E-state index in [9.17, 15) is 4.79 Å². The number of carbonyl (C=O) groups is 1. The van der Waals surface area contributed by atoms with E-state index in [1.807, 2.05) is 18.2 Å². The molecule has 1 unspecified atom stereocenters. The zero-order chi connectivity index (χ0) is 14.7. The average Bonchev–Trinajstić information content (AvgIpc) is 2.95. The van der Waals surface area contributed by atoms with Gasteiger partial charge in [-0.05, 0) is 43.4 Å². The fraction of sp³-hybridized carbons (Fsp3) is 0.611. The molecule has 0 aromatic heterocycles. The Balaban J connectivity index is 1.66. The summed E-state index contributed by atoms with van der Waals surface area (Å²) < 4.78 is 0. The van der Waals surface area contributed by atoms with Gasteiger partial charge in [-0.15, -0.1) is 0 Å². The molecular formula is C18H26N2O. The van der Waals surface area contributed by atoms with Crippen molar-refractivity contribution in [1.82, 2.24) is 4.90 Å². The Morgan fingerprint density at radius 3 is 2.71 bits per heavy atom. The molecule has 0 bridgehead atoms. The molecule has 3 rings (SSSR count). The Labute approximate surface area is 127 Å². The van der Waals surface area contributed by atoms with Gasteiger partial charge in [0.1, 0.15) is 0 Å². The predicted molar refractivity (Wildman–Crippen MR) is 86.1 cm³/mol. The second kappa shape index (κ2) is 6.50. The maximum Gasteiger partial charge on any atom is 0.254 e. The molecule has 1 aliphatic carbocycles. The monoisotopic (exact) mass is 286 g/mol. The van der Waals surface area contributed by atoms with E-state index in [1.54, 1.807) is 6.07 Å². The molecule has 3 heteroatoms. The lowest BCUT2D eigenvalue weighted by atomic mass is 9.84. The Morgan fingerprint density at radius 1 is 1.14 bits per heavy atom. The standard InChI is InChI=1S/C18H26N2O/c19-16-9-4-8-15(13-16)18(21)20-11-5-10-17(20)12-14-6-2-1-3-7-14/h4,8-9,13-14,17H,1-3,5-7,10-12,19H2. The van der Waals surface area contributed by atoms with Gasteiger partial charge in [-0.2, -0.15) is 0 Å². The summed E-state index contributed by atoms with van der Waals surface area (Å²) in [6, 6.07) is 7.84. The molecule has 1 aromatic rings. The molecule has 0 radical (unpaired) electrons. The molecule has 1 heterocycles. The van der Waals surface area contributed by atoms with E-state index in [2.05, 4.69) is 4.90 Å². The van der Waals surface area contributed by atoms with Crippen LogP contribution in [-0.2, 0) is 0 Å². The van der Waals surface area contributed by atoms with Gasteiger partial charge in [0, 0.05) is 23.8 Å². The number of likely N-dealkylation sites (tertiary alicyclic amines) is 1. The van der Waals surface area contributed by atoms with Crippen molar-refractivity contribution in [3.8, 4) is 0 Å². The highest BCUT2D eigenvalue weighted by Gasteiger charge is 2.31. The third-order valence-electron chi connectivity index (χ3n) is 5.10. The normalized spacial score (nSPS) is 23.4. The fourth-order valence-corrected chi connectivity index (χ4v) is 3.99. The molecule has 3 nitrogen and oxygen atoms in total. The van der Waals surface area contributed by atoms with Crippen molar-refractivity contribution in [2.75, 3.05) is 12.3 Å². The molecule has 1 saturated heterocycles. The number of anilines is 1. The molecular weight excluding hydrogens is 260 g/mol. The Hall–Kier alpha value is -1.51. The van der Waals surface area contributed by atoms with E-state index < -0.39 is 0 Å². The first-order valence-electron chi connectivity index (χ1n) is 8.40. The first-order valence-corrected chi connectivity index (χ1v) is 8.40. The second-order valence-electron chi connectivity index (χ2n) is 6.66. The van der Waals surface area contributed by atoms with Crippen molar-refractivity contribution < 1.29 is 4.79 Å². The van der Waals surface area contributed by atoms with Crippen molar-refractivity contribution in [2.24, 2.45) is 5.92 Å². The van der Waals surface area contributed by atoms with E-state index in [4.69, 9.17) is 5.73 Å². The number of benzene rings is 1. The number of carbonyl (C=O) groups excluding carboxylic acids is 1. The summed E-state index contributed by atoms with van der Waals surface area (Å²) in [6.07, 6.45) is 10.4. The third-order valence-corrected chi connectivity index (χ3v) is 5.10. The highest BCUT2D eigenvalue weighted by atomic mass is 16.2. The van der Waals surface area contributed by atoms with E-state index in [1.165, 1.54) is 44.9 Å². The van der Waals surface area contributed by atoms with Gasteiger partial charge in [0.15, 0.2) is 0 Å². The predicted octanol–water partition coefficient (Wildman–Crippen LogP) is 3.84. The maximum absolute atomic E-state index is 12.7. The molecule has 2 N–H and O–H groups in total. The SMILES string of the molecule is Nc1cccc(C(=O)N2CCCC2CC2CCCCC2)c1. The number of hydrogen-bond acceptors (Lipinski definition) is 2. The highest BCUT2D eigenvalue weighted by Crippen LogP contribution is 2.32. The lowest BCUT2D eigenvalue weighted by Gasteiger charge is -2.30. The summed E-state index contributed by atoms with van der Waals surface area (Å²) in [4.78, 5) is 14.8. The summed E-state index contributed by atoms with van der Waals surface area (Å²) >= 11 is 0. The van der Waals surface area contributed by atoms with Crippen LogP contribution in [0.5, 0.6) is 0 Å². The molecule has 2 aliphatic rings. The van der Waals surface area contributed by atoms with Crippen molar-refractivity contribution in [2.45, 2.75) is 57.4 Å². The van der Waals surface area contributed by atoms with E-state index in [-0.39, 0.29) is 5.91 Å². The number of nitrogens with two attached hydrogens (primary N) is 1. The van der Waals surface area contributed by atoms with E-state index in [0.29, 0.717) is 11.7 Å². The quantitative estimate of drug-likeness (QED) is 0.858. The number of nitrogens with zero attached hydrogens (tertiary/aromatic N) is 1. The van der Waals surface area contributed by atoms with Crippen molar-refractivity contribution in [1.29, 1.82) is 0 Å². The lowest BCUT2D eigenvalue weighted by molar-refractivity contribution is 0.0711. The molecule has 2 fully saturated rings. The van der Waals surface area contributed by atoms with Crippen molar-refractivity contribution in [3.05, 3.63) is 29.8 Å². The van der Waals surface area contributed by atoms with Crippen LogP contribution in [0.3, 0.4) is 0 Å². The van der Waals surface area contributed by atoms with Crippen LogP contribution in [0, 0.1) is 5.92 Å². The molecule has 1 atom stereocenters. The minimum Gasteiger partial charge on any atom is -0.399 e. The highest BCUT2D eigenvalue weighted by molar-refractivity contribution is 5.95. The molecule has 1 aromatic carbocycles. The van der Waals surface area contributed by atoms with Gasteiger partial charge in [-0.3, -0.25) is 4.79 Å². The van der Waals surface area contributed by atoms with Gasteiger partial charge in [0.25, 0.3) is 5.91 Å².